The molecule has 0 aliphatic carbocycles. The Kier molecular flexibility index (Phi) is 4.15. The minimum atomic E-state index is -0.751. The minimum Gasteiger partial charge on any atom is -0.465 e. The van der Waals surface area contributed by atoms with E-state index in [0.717, 1.165) is 6.07 Å². The summed E-state index contributed by atoms with van der Waals surface area (Å²) in [5, 5.41) is 11.2. The van der Waals surface area contributed by atoms with Gasteiger partial charge >= 0.3 is 5.97 Å². The number of rotatable bonds is 3. The highest BCUT2D eigenvalue weighted by Crippen LogP contribution is 2.31. The number of fused-ring (bicyclic) bond motifs is 1. The monoisotopic (exact) mass is 303 g/mol. The van der Waals surface area contributed by atoms with Crippen LogP contribution in [0.1, 0.15) is 18.1 Å². The van der Waals surface area contributed by atoms with Crippen molar-refractivity contribution in [3.05, 3.63) is 40.0 Å². The molecule has 0 saturated carbocycles. The highest BCUT2D eigenvalue weighted by molar-refractivity contribution is 7.17. The van der Waals surface area contributed by atoms with Crippen LogP contribution in [0.3, 0.4) is 0 Å². The smallest absolute Gasteiger partial charge is 0.341 e. The number of hydrogen-bond acceptors (Lipinski definition) is 5. The number of ketones is 1. The molecule has 0 amide bonds. The number of carbonyl (C=O) groups excluding carboxylic acids is 2. The van der Waals surface area contributed by atoms with Crippen LogP contribution < -0.4 is 0 Å². The second-order valence-electron chi connectivity index (χ2n) is 4.24. The summed E-state index contributed by atoms with van der Waals surface area (Å²) in [6, 6.07) is 4.35. The van der Waals surface area contributed by atoms with Crippen LogP contribution >= 0.6 is 11.3 Å². The predicted molar refractivity (Wildman–Crippen MR) is 77.2 cm³/mol. The van der Waals surface area contributed by atoms with Gasteiger partial charge in [0.15, 0.2) is 5.78 Å². The average molecular weight is 303 g/mol. The number of carbonyl (C=O) groups is 2. The van der Waals surface area contributed by atoms with Crippen LogP contribution in [-0.2, 0) is 14.3 Å². The number of halogens is 1. The Hall–Kier alpha value is -2.52. The summed E-state index contributed by atoms with van der Waals surface area (Å²) >= 11 is 1.25. The Morgan fingerprint density at radius 3 is 2.71 bits per heavy atom. The number of nitriles is 1. The lowest BCUT2D eigenvalue weighted by Gasteiger charge is -2.01. The molecule has 0 unspecified atom stereocenters. The van der Waals surface area contributed by atoms with Crippen molar-refractivity contribution in [1.29, 1.82) is 5.26 Å². The van der Waals surface area contributed by atoms with Crippen LogP contribution in [0.4, 0.5) is 4.39 Å². The van der Waals surface area contributed by atoms with Crippen LogP contribution in [0, 0.1) is 17.1 Å². The molecule has 0 aliphatic rings. The molecular formula is C15H10FNO3S. The molecule has 2 rings (SSSR count). The van der Waals surface area contributed by atoms with Crippen molar-refractivity contribution < 1.29 is 18.7 Å². The van der Waals surface area contributed by atoms with Gasteiger partial charge in [0.25, 0.3) is 0 Å². The van der Waals surface area contributed by atoms with E-state index < -0.39 is 17.6 Å². The standard InChI is InChI=1S/C15H10FNO3S/c1-8(18)12(15(19)20-2)4-10-7-21-14-9(6-17)3-11(16)5-13(10)14/h3-5,7H,1-2H3/b12-4+. The van der Waals surface area contributed by atoms with E-state index in [0.29, 0.717) is 15.6 Å². The molecule has 1 aromatic heterocycles. The van der Waals surface area contributed by atoms with E-state index in [1.807, 2.05) is 6.07 Å². The Bertz CT molecular complexity index is 814. The predicted octanol–water partition coefficient (Wildman–Crippen LogP) is 3.06. The van der Waals surface area contributed by atoms with Gasteiger partial charge in [-0.05, 0) is 36.1 Å². The lowest BCUT2D eigenvalue weighted by atomic mass is 10.1. The molecule has 0 radical (unpaired) electrons. The Labute approximate surface area is 124 Å². The SMILES string of the molecule is COC(=O)/C(=C/c1csc2c(C#N)cc(F)cc12)C(C)=O. The molecule has 0 fully saturated rings. The molecule has 21 heavy (non-hydrogen) atoms. The van der Waals surface area contributed by atoms with E-state index in [9.17, 15) is 14.0 Å². The van der Waals surface area contributed by atoms with Crippen LogP contribution in [0.15, 0.2) is 23.1 Å². The normalized spacial score (nSPS) is 11.2. The molecule has 0 N–H and O–H groups in total. The number of benzene rings is 1. The summed E-state index contributed by atoms with van der Waals surface area (Å²) in [5.41, 5.74) is 0.596. The maximum Gasteiger partial charge on any atom is 0.341 e. The Morgan fingerprint density at radius 2 is 2.14 bits per heavy atom. The second kappa shape index (κ2) is 5.85. The van der Waals surface area contributed by atoms with Crippen LogP contribution in [0.2, 0.25) is 0 Å². The summed E-state index contributed by atoms with van der Waals surface area (Å²) in [4.78, 5) is 23.1. The molecule has 0 atom stereocenters. The molecule has 0 saturated heterocycles. The number of hydrogen-bond donors (Lipinski definition) is 0. The quantitative estimate of drug-likeness (QED) is 0.378. The average Bonchev–Trinajstić information content (AvgIpc) is 2.85. The zero-order chi connectivity index (χ0) is 15.6. The molecule has 0 aliphatic heterocycles. The maximum absolute atomic E-state index is 13.5. The minimum absolute atomic E-state index is 0.125. The molecule has 106 valence electrons. The lowest BCUT2D eigenvalue weighted by Crippen LogP contribution is -2.11. The van der Waals surface area contributed by atoms with Gasteiger partial charge in [0.1, 0.15) is 17.5 Å². The lowest BCUT2D eigenvalue weighted by molar-refractivity contribution is -0.137. The first-order valence-corrected chi connectivity index (χ1v) is 6.77. The summed E-state index contributed by atoms with van der Waals surface area (Å²) in [5.74, 6) is -1.74. The summed E-state index contributed by atoms with van der Waals surface area (Å²) < 4.78 is 18.7. The topological polar surface area (TPSA) is 67.2 Å². The van der Waals surface area contributed by atoms with Crippen molar-refractivity contribution in [3.63, 3.8) is 0 Å². The van der Waals surface area contributed by atoms with Crippen LogP contribution in [-0.4, -0.2) is 18.9 Å². The van der Waals surface area contributed by atoms with Crippen molar-refractivity contribution in [2.24, 2.45) is 0 Å². The second-order valence-corrected chi connectivity index (χ2v) is 5.12. The zero-order valence-electron chi connectivity index (χ0n) is 11.3. The van der Waals surface area contributed by atoms with Gasteiger partial charge in [0.2, 0.25) is 0 Å². The van der Waals surface area contributed by atoms with Gasteiger partial charge in [-0.2, -0.15) is 5.26 Å². The van der Waals surface area contributed by atoms with Gasteiger partial charge < -0.3 is 4.74 Å². The number of esters is 1. The van der Waals surface area contributed by atoms with Crippen molar-refractivity contribution in [1.82, 2.24) is 0 Å². The zero-order valence-corrected chi connectivity index (χ0v) is 12.1. The van der Waals surface area contributed by atoms with Gasteiger partial charge in [-0.15, -0.1) is 11.3 Å². The molecule has 2 aromatic rings. The summed E-state index contributed by atoms with van der Waals surface area (Å²) in [7, 11) is 1.18. The van der Waals surface area contributed by atoms with Crippen LogP contribution in [0.25, 0.3) is 16.2 Å². The fourth-order valence-corrected chi connectivity index (χ4v) is 2.86. The number of Topliss-reactive ketones (excluding diaryl/α,β-unsaturated/α-hetero) is 1. The van der Waals surface area contributed by atoms with E-state index >= 15 is 0 Å². The van der Waals surface area contributed by atoms with Gasteiger partial charge in [-0.25, -0.2) is 9.18 Å². The third kappa shape index (κ3) is 2.83. The molecule has 1 aromatic carbocycles. The third-order valence-electron chi connectivity index (χ3n) is 2.87. The Morgan fingerprint density at radius 1 is 1.43 bits per heavy atom. The van der Waals surface area contributed by atoms with Crippen molar-refractivity contribution in [2.45, 2.75) is 6.92 Å². The van der Waals surface area contributed by atoms with E-state index in [1.165, 1.54) is 37.5 Å². The summed E-state index contributed by atoms with van der Waals surface area (Å²) in [6.45, 7) is 1.25. The van der Waals surface area contributed by atoms with Gasteiger partial charge in [-0.1, -0.05) is 0 Å². The number of ether oxygens (including phenoxy) is 1. The number of methoxy groups -OCH3 is 1. The van der Waals surface area contributed by atoms with E-state index in [2.05, 4.69) is 4.74 Å². The highest BCUT2D eigenvalue weighted by Gasteiger charge is 2.17. The fraction of sp³-hybridized carbons (Fsp3) is 0.133. The fourth-order valence-electron chi connectivity index (χ4n) is 1.89. The van der Waals surface area contributed by atoms with E-state index in [-0.39, 0.29) is 11.1 Å². The molecule has 4 nitrogen and oxygen atoms in total. The number of nitrogens with zero attached hydrogens (tertiary/aromatic N) is 1. The van der Waals surface area contributed by atoms with Crippen LogP contribution in [0.5, 0.6) is 0 Å². The van der Waals surface area contributed by atoms with Gasteiger partial charge in [0, 0.05) is 5.39 Å². The maximum atomic E-state index is 13.5. The number of thiophene rings is 1. The highest BCUT2D eigenvalue weighted by atomic mass is 32.1. The van der Waals surface area contributed by atoms with E-state index in [4.69, 9.17) is 5.26 Å². The summed E-state index contributed by atoms with van der Waals surface area (Å²) in [6.07, 6.45) is 1.35. The third-order valence-corrected chi connectivity index (χ3v) is 3.92. The molecule has 0 spiro atoms. The van der Waals surface area contributed by atoms with Crippen molar-refractivity contribution in [3.8, 4) is 6.07 Å². The van der Waals surface area contributed by atoms with Crippen molar-refractivity contribution in [2.75, 3.05) is 7.11 Å². The Balaban J connectivity index is 2.68. The van der Waals surface area contributed by atoms with E-state index in [1.54, 1.807) is 5.38 Å². The first-order valence-electron chi connectivity index (χ1n) is 5.89. The first kappa shape index (κ1) is 14.9. The first-order chi connectivity index (χ1) is 9.97. The molecule has 6 heteroatoms. The molecule has 0 bridgehead atoms. The van der Waals surface area contributed by atoms with Gasteiger partial charge in [0.05, 0.1) is 17.4 Å². The van der Waals surface area contributed by atoms with Crippen molar-refractivity contribution >= 4 is 39.3 Å². The molecular weight excluding hydrogens is 293 g/mol. The molecule has 1 heterocycles. The largest absolute Gasteiger partial charge is 0.465 e. The van der Waals surface area contributed by atoms with Gasteiger partial charge in [-0.3, -0.25) is 4.79 Å².